The molecule has 0 fully saturated rings. The molecule has 0 saturated heterocycles. The number of amides is 1. The maximum absolute atomic E-state index is 12.6. The molecule has 0 aliphatic rings. The molecule has 0 spiro atoms. The molecule has 3 rings (SSSR count). The van der Waals surface area contributed by atoms with Crippen molar-refractivity contribution in [1.29, 1.82) is 5.26 Å². The summed E-state index contributed by atoms with van der Waals surface area (Å²) in [5.74, 6) is 0.303. The molecule has 0 aliphatic heterocycles. The molecule has 0 bridgehead atoms. The zero-order valence-electron chi connectivity index (χ0n) is 15.4. The molecule has 6 heteroatoms. The zero-order chi connectivity index (χ0) is 20.1. The molecule has 1 aromatic heterocycles. The van der Waals surface area contributed by atoms with Crippen LogP contribution < -0.4 is 10.1 Å². The van der Waals surface area contributed by atoms with Crippen LogP contribution in [0.1, 0.15) is 11.4 Å². The molecule has 140 valence electrons. The first kappa shape index (κ1) is 19.5. The standard InChI is InChI=1S/C22H18BrN3O2/c1-15-6-7-20(26(15)19-8-10-21(28-2)11-9-19)12-16(14-24)22(27)25-18-5-3-4-17(23)13-18/h3-13H,1-2H3,(H,25,27)/b16-12-. The van der Waals surface area contributed by atoms with Crippen LogP contribution in [-0.4, -0.2) is 17.6 Å². The van der Waals surface area contributed by atoms with E-state index in [1.54, 1.807) is 25.3 Å². The summed E-state index contributed by atoms with van der Waals surface area (Å²) >= 11 is 3.37. The van der Waals surface area contributed by atoms with Gasteiger partial charge in [-0.25, -0.2) is 0 Å². The third kappa shape index (κ3) is 4.33. The van der Waals surface area contributed by atoms with Crippen molar-refractivity contribution in [3.8, 4) is 17.5 Å². The highest BCUT2D eigenvalue weighted by Crippen LogP contribution is 2.22. The second kappa shape index (κ2) is 8.59. The number of hydrogen-bond acceptors (Lipinski definition) is 3. The molecule has 5 nitrogen and oxygen atoms in total. The largest absolute Gasteiger partial charge is 0.497 e. The predicted molar refractivity (Wildman–Crippen MR) is 113 cm³/mol. The first-order valence-electron chi connectivity index (χ1n) is 8.53. The number of hydrogen-bond donors (Lipinski definition) is 1. The lowest BCUT2D eigenvalue weighted by Gasteiger charge is -2.11. The molecular formula is C22H18BrN3O2. The third-order valence-corrected chi connectivity index (χ3v) is 4.67. The van der Waals surface area contributed by atoms with Crippen molar-refractivity contribution in [2.24, 2.45) is 0 Å². The van der Waals surface area contributed by atoms with Gasteiger partial charge in [-0.1, -0.05) is 22.0 Å². The van der Waals surface area contributed by atoms with E-state index in [-0.39, 0.29) is 5.57 Å². The van der Waals surface area contributed by atoms with Crippen molar-refractivity contribution < 1.29 is 9.53 Å². The van der Waals surface area contributed by atoms with Crippen molar-refractivity contribution in [3.05, 3.63) is 82.1 Å². The van der Waals surface area contributed by atoms with Crippen LogP contribution in [0.2, 0.25) is 0 Å². The Morgan fingerprint density at radius 1 is 1.18 bits per heavy atom. The van der Waals surface area contributed by atoms with Gasteiger partial charge in [-0.05, 0) is 67.6 Å². The molecule has 0 saturated carbocycles. The van der Waals surface area contributed by atoms with Gasteiger partial charge in [0.2, 0.25) is 0 Å². The number of nitriles is 1. The van der Waals surface area contributed by atoms with Crippen molar-refractivity contribution in [1.82, 2.24) is 4.57 Å². The number of ether oxygens (including phenoxy) is 1. The summed E-state index contributed by atoms with van der Waals surface area (Å²) in [6.07, 6.45) is 1.59. The average molecular weight is 436 g/mol. The Kier molecular flexibility index (Phi) is 5.97. The zero-order valence-corrected chi connectivity index (χ0v) is 17.0. The highest BCUT2D eigenvalue weighted by Gasteiger charge is 2.13. The van der Waals surface area contributed by atoms with Crippen LogP contribution in [0.25, 0.3) is 11.8 Å². The van der Waals surface area contributed by atoms with Gasteiger partial charge in [-0.15, -0.1) is 0 Å². The predicted octanol–water partition coefficient (Wildman–Crippen LogP) is 5.10. The maximum Gasteiger partial charge on any atom is 0.266 e. The lowest BCUT2D eigenvalue weighted by molar-refractivity contribution is -0.112. The molecular weight excluding hydrogens is 418 g/mol. The number of rotatable bonds is 5. The minimum absolute atomic E-state index is 0.0211. The monoisotopic (exact) mass is 435 g/mol. The minimum atomic E-state index is -0.458. The Hall–Kier alpha value is -3.30. The number of nitrogens with zero attached hydrogens (tertiary/aromatic N) is 2. The first-order chi connectivity index (χ1) is 13.5. The molecule has 28 heavy (non-hydrogen) atoms. The van der Waals surface area contributed by atoms with Crippen LogP contribution in [0.5, 0.6) is 5.75 Å². The van der Waals surface area contributed by atoms with Crippen LogP contribution in [-0.2, 0) is 4.79 Å². The summed E-state index contributed by atoms with van der Waals surface area (Å²) in [4.78, 5) is 12.6. The van der Waals surface area contributed by atoms with Crippen LogP contribution in [0, 0.1) is 18.3 Å². The third-order valence-electron chi connectivity index (χ3n) is 4.18. The number of nitrogens with one attached hydrogen (secondary N) is 1. The maximum atomic E-state index is 12.6. The van der Waals surface area contributed by atoms with Gasteiger partial charge in [0.15, 0.2) is 0 Å². The van der Waals surface area contributed by atoms with E-state index < -0.39 is 5.91 Å². The number of carbonyl (C=O) groups excluding carboxylic acids is 1. The number of aryl methyl sites for hydroxylation is 1. The number of halogens is 1. The normalized spacial score (nSPS) is 11.0. The SMILES string of the molecule is COc1ccc(-n2c(C)ccc2/C=C(/C#N)C(=O)Nc2cccc(Br)c2)cc1. The van der Waals surface area contributed by atoms with Gasteiger partial charge in [-0.3, -0.25) is 4.79 Å². The lowest BCUT2D eigenvalue weighted by atomic mass is 10.2. The molecule has 0 atom stereocenters. The van der Waals surface area contributed by atoms with E-state index in [9.17, 15) is 10.1 Å². The molecule has 1 amide bonds. The lowest BCUT2D eigenvalue weighted by Crippen LogP contribution is -2.13. The van der Waals surface area contributed by atoms with Gasteiger partial charge in [0.1, 0.15) is 17.4 Å². The Balaban J connectivity index is 1.92. The Morgan fingerprint density at radius 2 is 1.93 bits per heavy atom. The van der Waals surface area contributed by atoms with E-state index in [1.165, 1.54) is 0 Å². The fraction of sp³-hybridized carbons (Fsp3) is 0.0909. The number of anilines is 1. The summed E-state index contributed by atoms with van der Waals surface area (Å²) in [5.41, 5.74) is 3.28. The van der Waals surface area contributed by atoms with Crippen LogP contribution in [0.15, 0.2) is 70.7 Å². The van der Waals surface area contributed by atoms with Crippen molar-refractivity contribution in [3.63, 3.8) is 0 Å². The van der Waals surface area contributed by atoms with E-state index in [2.05, 4.69) is 21.2 Å². The number of methoxy groups -OCH3 is 1. The van der Waals surface area contributed by atoms with Crippen molar-refractivity contribution in [2.45, 2.75) is 6.92 Å². The van der Waals surface area contributed by atoms with Gasteiger partial charge in [0, 0.05) is 27.2 Å². The molecule has 0 unspecified atom stereocenters. The summed E-state index contributed by atoms with van der Waals surface area (Å²) in [6.45, 7) is 1.97. The number of benzene rings is 2. The molecule has 3 aromatic rings. The highest BCUT2D eigenvalue weighted by molar-refractivity contribution is 9.10. The molecule has 0 radical (unpaired) electrons. The fourth-order valence-electron chi connectivity index (χ4n) is 2.82. The Morgan fingerprint density at radius 3 is 2.57 bits per heavy atom. The van der Waals surface area contributed by atoms with E-state index in [0.29, 0.717) is 5.69 Å². The number of carbonyl (C=O) groups is 1. The van der Waals surface area contributed by atoms with E-state index in [4.69, 9.17) is 4.74 Å². The summed E-state index contributed by atoms with van der Waals surface area (Å²) < 4.78 is 8.02. The smallest absolute Gasteiger partial charge is 0.266 e. The average Bonchev–Trinajstić information content (AvgIpc) is 3.06. The van der Waals surface area contributed by atoms with Crippen LogP contribution >= 0.6 is 15.9 Å². The summed E-state index contributed by atoms with van der Waals surface area (Å²) in [5, 5.41) is 12.3. The van der Waals surface area contributed by atoms with Crippen LogP contribution in [0.4, 0.5) is 5.69 Å². The Bertz CT molecular complexity index is 1080. The highest BCUT2D eigenvalue weighted by atomic mass is 79.9. The van der Waals surface area contributed by atoms with Crippen molar-refractivity contribution >= 4 is 33.6 Å². The van der Waals surface area contributed by atoms with Crippen LogP contribution in [0.3, 0.4) is 0 Å². The molecule has 2 aromatic carbocycles. The van der Waals surface area contributed by atoms with E-state index in [0.717, 1.165) is 27.3 Å². The molecule has 0 aliphatic carbocycles. The molecule has 1 N–H and O–H groups in total. The van der Waals surface area contributed by atoms with E-state index >= 15 is 0 Å². The Labute approximate surface area is 172 Å². The summed E-state index contributed by atoms with van der Waals surface area (Å²) in [7, 11) is 1.62. The first-order valence-corrected chi connectivity index (χ1v) is 9.32. The van der Waals surface area contributed by atoms with E-state index in [1.807, 2.05) is 66.1 Å². The van der Waals surface area contributed by atoms with Gasteiger partial charge in [0.25, 0.3) is 5.91 Å². The second-order valence-electron chi connectivity index (χ2n) is 6.07. The quantitative estimate of drug-likeness (QED) is 0.447. The van der Waals surface area contributed by atoms with Gasteiger partial charge in [-0.2, -0.15) is 5.26 Å². The van der Waals surface area contributed by atoms with Gasteiger partial charge >= 0.3 is 0 Å². The fourth-order valence-corrected chi connectivity index (χ4v) is 3.22. The topological polar surface area (TPSA) is 67.0 Å². The van der Waals surface area contributed by atoms with Gasteiger partial charge < -0.3 is 14.6 Å². The summed E-state index contributed by atoms with van der Waals surface area (Å²) in [6, 6.07) is 20.6. The van der Waals surface area contributed by atoms with Gasteiger partial charge in [0.05, 0.1) is 7.11 Å². The van der Waals surface area contributed by atoms with Crippen molar-refractivity contribution in [2.75, 3.05) is 12.4 Å². The minimum Gasteiger partial charge on any atom is -0.497 e. The second-order valence-corrected chi connectivity index (χ2v) is 6.98. The molecule has 1 heterocycles. The number of aromatic nitrogens is 1.